The quantitative estimate of drug-likeness (QED) is 0.427. The van der Waals surface area contributed by atoms with Crippen molar-refractivity contribution in [3.8, 4) is 0 Å². The summed E-state index contributed by atoms with van der Waals surface area (Å²) >= 11 is 0. The maximum atomic E-state index is 11.1. The summed E-state index contributed by atoms with van der Waals surface area (Å²) in [6.07, 6.45) is -0.924. The highest BCUT2D eigenvalue weighted by atomic mass is 16.5. The van der Waals surface area contributed by atoms with E-state index in [0.717, 1.165) is 12.0 Å². The molecule has 0 aromatic carbocycles. The van der Waals surface area contributed by atoms with Gasteiger partial charge >= 0.3 is 5.97 Å². The number of hydrogen-bond donors (Lipinski definition) is 2. The lowest BCUT2D eigenvalue weighted by molar-refractivity contribution is -0.182. The molecule has 1 unspecified atom stereocenters. The summed E-state index contributed by atoms with van der Waals surface area (Å²) in [6.45, 7) is -0.0810. The number of nitrogens with zero attached hydrogens (tertiary/aromatic N) is 1. The van der Waals surface area contributed by atoms with Crippen LogP contribution in [-0.4, -0.2) is 53.0 Å². The molecular formula is C8H13NO5. The Morgan fingerprint density at radius 1 is 1.79 bits per heavy atom. The lowest BCUT2D eigenvalue weighted by atomic mass is 9.98. The standard InChI is InChI=1S/C8H13NO5/c1-14-8(13)7(12)9-5(2-3-10)4-6(9)11/h5,7,10,12H,2-4H2,1H3/t5-,7?/m1/s1. The first-order chi connectivity index (χ1) is 6.61. The molecule has 6 nitrogen and oxygen atoms in total. The first-order valence-electron chi connectivity index (χ1n) is 4.29. The minimum atomic E-state index is -1.54. The molecule has 0 radical (unpaired) electrons. The minimum Gasteiger partial charge on any atom is -0.466 e. The molecule has 1 rings (SSSR count). The largest absolute Gasteiger partial charge is 0.466 e. The lowest BCUT2D eigenvalue weighted by Crippen LogP contribution is -2.60. The van der Waals surface area contributed by atoms with Crippen molar-refractivity contribution in [2.24, 2.45) is 0 Å². The summed E-state index contributed by atoms with van der Waals surface area (Å²) < 4.78 is 4.30. The summed E-state index contributed by atoms with van der Waals surface area (Å²) in [5.41, 5.74) is 0. The topological polar surface area (TPSA) is 87.1 Å². The molecule has 0 saturated carbocycles. The van der Waals surface area contributed by atoms with Crippen molar-refractivity contribution >= 4 is 11.9 Å². The zero-order valence-electron chi connectivity index (χ0n) is 7.84. The molecule has 2 atom stereocenters. The molecule has 2 N–H and O–H groups in total. The summed E-state index contributed by atoms with van der Waals surface area (Å²) in [4.78, 5) is 23.0. The van der Waals surface area contributed by atoms with E-state index < -0.39 is 12.2 Å². The first-order valence-corrected chi connectivity index (χ1v) is 4.29. The van der Waals surface area contributed by atoms with Crippen molar-refractivity contribution in [1.82, 2.24) is 4.90 Å². The molecule has 1 amide bonds. The zero-order chi connectivity index (χ0) is 10.7. The number of hydrogen-bond acceptors (Lipinski definition) is 5. The molecule has 1 fully saturated rings. The van der Waals surface area contributed by atoms with E-state index in [4.69, 9.17) is 5.11 Å². The van der Waals surface area contributed by atoms with Gasteiger partial charge in [0.25, 0.3) is 0 Å². The van der Waals surface area contributed by atoms with Gasteiger partial charge in [0.05, 0.1) is 7.11 Å². The Morgan fingerprint density at radius 3 is 2.86 bits per heavy atom. The maximum Gasteiger partial charge on any atom is 0.356 e. The van der Waals surface area contributed by atoms with E-state index >= 15 is 0 Å². The molecule has 1 heterocycles. The highest BCUT2D eigenvalue weighted by Gasteiger charge is 2.42. The van der Waals surface area contributed by atoms with Gasteiger partial charge in [-0.2, -0.15) is 0 Å². The Kier molecular flexibility index (Phi) is 3.43. The van der Waals surface area contributed by atoms with E-state index in [0.29, 0.717) is 6.42 Å². The van der Waals surface area contributed by atoms with Crippen LogP contribution in [0.3, 0.4) is 0 Å². The van der Waals surface area contributed by atoms with Crippen LogP contribution in [-0.2, 0) is 14.3 Å². The molecule has 0 spiro atoms. The van der Waals surface area contributed by atoms with Crippen molar-refractivity contribution in [2.45, 2.75) is 25.1 Å². The van der Waals surface area contributed by atoms with E-state index in [9.17, 15) is 14.7 Å². The van der Waals surface area contributed by atoms with Crippen molar-refractivity contribution in [3.63, 3.8) is 0 Å². The summed E-state index contributed by atoms with van der Waals surface area (Å²) in [7, 11) is 1.14. The van der Waals surface area contributed by atoms with E-state index in [2.05, 4.69) is 4.74 Å². The van der Waals surface area contributed by atoms with Crippen LogP contribution in [0.15, 0.2) is 0 Å². The number of esters is 1. The Morgan fingerprint density at radius 2 is 2.43 bits per heavy atom. The van der Waals surface area contributed by atoms with Crippen LogP contribution in [0.25, 0.3) is 0 Å². The van der Waals surface area contributed by atoms with Gasteiger partial charge in [-0.15, -0.1) is 0 Å². The highest BCUT2D eigenvalue weighted by molar-refractivity contribution is 5.88. The molecule has 14 heavy (non-hydrogen) atoms. The lowest BCUT2D eigenvalue weighted by Gasteiger charge is -2.41. The van der Waals surface area contributed by atoms with E-state index in [1.165, 1.54) is 0 Å². The number of amides is 1. The average molecular weight is 203 g/mol. The number of rotatable bonds is 4. The summed E-state index contributed by atoms with van der Waals surface area (Å²) in [6, 6.07) is -0.262. The molecule has 0 aromatic heterocycles. The first kappa shape index (κ1) is 10.9. The summed E-state index contributed by atoms with van der Waals surface area (Å²) in [5.74, 6) is -1.16. The number of methoxy groups -OCH3 is 1. The Bertz CT molecular complexity index is 242. The summed E-state index contributed by atoms with van der Waals surface area (Å²) in [5, 5.41) is 18.0. The second-order valence-electron chi connectivity index (χ2n) is 3.07. The van der Waals surface area contributed by atoms with Gasteiger partial charge in [0.2, 0.25) is 12.1 Å². The van der Waals surface area contributed by atoms with Gasteiger partial charge in [0.1, 0.15) is 0 Å². The third-order valence-corrected chi connectivity index (χ3v) is 2.23. The van der Waals surface area contributed by atoms with Gasteiger partial charge in [0, 0.05) is 19.1 Å². The van der Waals surface area contributed by atoms with Crippen molar-refractivity contribution in [3.05, 3.63) is 0 Å². The van der Waals surface area contributed by atoms with Crippen LogP contribution < -0.4 is 0 Å². The monoisotopic (exact) mass is 203 g/mol. The normalized spacial score (nSPS) is 22.9. The van der Waals surface area contributed by atoms with Crippen molar-refractivity contribution < 1.29 is 24.5 Å². The number of aliphatic hydroxyl groups is 2. The highest BCUT2D eigenvalue weighted by Crippen LogP contribution is 2.24. The SMILES string of the molecule is COC(=O)C(O)N1C(=O)C[C@H]1CCO. The third kappa shape index (κ3) is 1.85. The van der Waals surface area contributed by atoms with Crippen LogP contribution in [0.5, 0.6) is 0 Å². The Hall–Kier alpha value is -1.14. The smallest absolute Gasteiger partial charge is 0.356 e. The zero-order valence-corrected chi connectivity index (χ0v) is 7.84. The van der Waals surface area contributed by atoms with Crippen LogP contribution in [0.2, 0.25) is 0 Å². The van der Waals surface area contributed by atoms with E-state index in [1.807, 2.05) is 0 Å². The molecule has 1 aliphatic rings. The molecular weight excluding hydrogens is 190 g/mol. The third-order valence-electron chi connectivity index (χ3n) is 2.23. The fourth-order valence-electron chi connectivity index (χ4n) is 1.44. The van der Waals surface area contributed by atoms with Gasteiger partial charge in [-0.05, 0) is 6.42 Å². The minimum absolute atomic E-state index is 0.0810. The van der Waals surface area contributed by atoms with E-state index in [-0.39, 0.29) is 25.0 Å². The van der Waals surface area contributed by atoms with Gasteiger partial charge in [-0.3, -0.25) is 4.79 Å². The number of β-lactam (4-membered cyclic amide) rings is 1. The second-order valence-corrected chi connectivity index (χ2v) is 3.07. The Balaban J connectivity index is 2.56. The maximum absolute atomic E-state index is 11.1. The van der Waals surface area contributed by atoms with E-state index in [1.54, 1.807) is 0 Å². The van der Waals surface area contributed by atoms with Gasteiger partial charge in [-0.1, -0.05) is 0 Å². The molecule has 0 aliphatic carbocycles. The fraction of sp³-hybridized carbons (Fsp3) is 0.750. The average Bonchev–Trinajstić information content (AvgIpc) is 2.15. The second kappa shape index (κ2) is 4.39. The van der Waals surface area contributed by atoms with Gasteiger partial charge in [0.15, 0.2) is 0 Å². The molecule has 1 aliphatic heterocycles. The molecule has 1 saturated heterocycles. The molecule has 6 heteroatoms. The predicted octanol–water partition coefficient (Wildman–Crippen LogP) is -1.54. The fourth-order valence-corrected chi connectivity index (χ4v) is 1.44. The number of aliphatic hydroxyl groups excluding tert-OH is 2. The van der Waals surface area contributed by atoms with Gasteiger partial charge in [-0.25, -0.2) is 4.79 Å². The van der Waals surface area contributed by atoms with Crippen LogP contribution in [0.4, 0.5) is 0 Å². The van der Waals surface area contributed by atoms with Crippen LogP contribution >= 0.6 is 0 Å². The van der Waals surface area contributed by atoms with Gasteiger partial charge < -0.3 is 19.8 Å². The van der Waals surface area contributed by atoms with Crippen LogP contribution in [0.1, 0.15) is 12.8 Å². The molecule has 80 valence electrons. The molecule has 0 aromatic rings. The number of carbonyl (C=O) groups is 2. The molecule has 0 bridgehead atoms. The van der Waals surface area contributed by atoms with Crippen LogP contribution in [0, 0.1) is 0 Å². The Labute approximate surface area is 81.1 Å². The van der Waals surface area contributed by atoms with Crippen molar-refractivity contribution in [2.75, 3.05) is 13.7 Å². The van der Waals surface area contributed by atoms with Crippen molar-refractivity contribution in [1.29, 1.82) is 0 Å². The number of carbonyl (C=O) groups excluding carboxylic acids is 2. The predicted molar refractivity (Wildman–Crippen MR) is 45.0 cm³/mol. The number of likely N-dealkylation sites (tertiary alicyclic amines) is 1. The number of ether oxygens (including phenoxy) is 1.